The quantitative estimate of drug-likeness (QED) is 0.788. The van der Waals surface area contributed by atoms with Crippen molar-refractivity contribution in [1.82, 2.24) is 4.98 Å². The standard InChI is InChI=1S/C10H7NO2.2C3H7O.Al/c12-10(13)9-6-5-7-3-1-2-4-8(7)11-9;2*1-3(2)4;/h1-6H,(H,12,13);2*3H,1-2H3;/q;2*-1;+3/p-1. The van der Waals surface area contributed by atoms with Crippen LogP contribution >= 0.6 is 0 Å². The average molecular weight is 317 g/mol. The minimum atomic E-state index is -1.24. The number of para-hydroxylation sites is 1. The van der Waals surface area contributed by atoms with Gasteiger partial charge in [0.15, 0.2) is 0 Å². The molecule has 2 aromatic rings. The number of carboxylic acid groups (broad SMARTS) is 1. The van der Waals surface area contributed by atoms with E-state index in [-0.39, 0.29) is 21.6 Å². The Morgan fingerprint density at radius 2 is 1.64 bits per heavy atom. The Hall–Kier alpha value is -1.45. The van der Waals surface area contributed by atoms with Gasteiger partial charge < -0.3 is 9.90 Å². The van der Waals surface area contributed by atoms with Gasteiger partial charge in [-0.15, -0.1) is 0 Å². The third kappa shape index (κ3) is 7.01. The Bertz CT molecular complexity index is 593. The van der Waals surface area contributed by atoms with Crippen molar-refractivity contribution >= 4 is 32.8 Å². The van der Waals surface area contributed by atoms with Crippen LogP contribution in [0.15, 0.2) is 36.4 Å². The first kappa shape index (κ1) is 18.6. The molecular formula is C16H20AlNO4. The van der Waals surface area contributed by atoms with Crippen LogP contribution in [0.5, 0.6) is 0 Å². The Kier molecular flexibility index (Phi) is 8.07. The fourth-order valence-corrected chi connectivity index (χ4v) is 1.94. The molecule has 0 fully saturated rings. The molecule has 0 aliphatic rings. The molecule has 0 amide bonds. The molecule has 0 saturated carbocycles. The molecule has 0 atom stereocenters. The summed E-state index contributed by atoms with van der Waals surface area (Å²) in [6.45, 7) is 8.04. The number of rotatable bonds is 5. The number of fused-ring (bicyclic) bond motifs is 1. The van der Waals surface area contributed by atoms with Gasteiger partial charge in [-0.3, -0.25) is 0 Å². The summed E-state index contributed by atoms with van der Waals surface area (Å²) in [6.07, 6.45) is 0.609. The maximum absolute atomic E-state index is 10.5. The van der Waals surface area contributed by atoms with E-state index in [2.05, 4.69) is 4.98 Å². The van der Waals surface area contributed by atoms with Gasteiger partial charge in [0.2, 0.25) is 0 Å². The second kappa shape index (κ2) is 9.55. The van der Waals surface area contributed by atoms with Crippen molar-refractivity contribution in [3.8, 4) is 0 Å². The van der Waals surface area contributed by atoms with E-state index in [4.69, 9.17) is 7.58 Å². The molecule has 0 bridgehead atoms. The van der Waals surface area contributed by atoms with E-state index in [1.54, 1.807) is 12.1 Å². The van der Waals surface area contributed by atoms with Gasteiger partial charge in [0.25, 0.3) is 0 Å². The van der Waals surface area contributed by atoms with Gasteiger partial charge in [-0.2, -0.15) is 0 Å². The van der Waals surface area contributed by atoms with Crippen LogP contribution in [0.4, 0.5) is 0 Å². The van der Waals surface area contributed by atoms with E-state index in [1.165, 1.54) is 6.07 Å². The first-order valence-corrected chi connectivity index (χ1v) is 8.04. The predicted octanol–water partition coefficient (Wildman–Crippen LogP) is 1.97. The fourth-order valence-electron chi connectivity index (χ4n) is 1.43. The molecule has 0 N–H and O–H groups in total. The summed E-state index contributed by atoms with van der Waals surface area (Å²) in [5, 5.41) is 11.4. The summed E-state index contributed by atoms with van der Waals surface area (Å²) in [5.41, 5.74) is 0.642. The zero-order valence-corrected chi connectivity index (χ0v) is 14.4. The summed E-state index contributed by atoms with van der Waals surface area (Å²) >= 11 is -0.245. The molecule has 1 aromatic heterocycles. The van der Waals surface area contributed by atoms with E-state index in [0.29, 0.717) is 17.7 Å². The van der Waals surface area contributed by atoms with Crippen LogP contribution in [0, 0.1) is 0 Å². The van der Waals surface area contributed by atoms with E-state index in [9.17, 15) is 9.90 Å². The Balaban J connectivity index is 0.000000239. The van der Waals surface area contributed by atoms with E-state index >= 15 is 0 Å². The first-order chi connectivity index (χ1) is 10.4. The van der Waals surface area contributed by atoms with Crippen LogP contribution in [0.1, 0.15) is 38.2 Å². The molecule has 0 saturated heterocycles. The molecule has 0 unspecified atom stereocenters. The van der Waals surface area contributed by atoms with Gasteiger partial charge >= 0.3 is 63.4 Å². The third-order valence-electron chi connectivity index (χ3n) is 2.46. The Morgan fingerprint density at radius 3 is 2.18 bits per heavy atom. The van der Waals surface area contributed by atoms with Gasteiger partial charge in [0, 0.05) is 5.39 Å². The molecule has 116 valence electrons. The van der Waals surface area contributed by atoms with Crippen LogP contribution in [-0.2, 0) is 7.58 Å². The van der Waals surface area contributed by atoms with Gasteiger partial charge in [0.05, 0.1) is 17.2 Å². The van der Waals surface area contributed by atoms with Crippen molar-refractivity contribution < 1.29 is 17.5 Å². The molecule has 1 heterocycles. The number of hydrogen-bond acceptors (Lipinski definition) is 5. The number of carboxylic acids is 1. The molecule has 6 heteroatoms. The molecule has 0 spiro atoms. The van der Waals surface area contributed by atoms with Crippen LogP contribution in [0.3, 0.4) is 0 Å². The smallest absolute Gasteiger partial charge is 0.0900 e. The monoisotopic (exact) mass is 317 g/mol. The number of pyridine rings is 1. The van der Waals surface area contributed by atoms with Crippen molar-refractivity contribution in [2.45, 2.75) is 39.9 Å². The SMILES string of the molecule is CC(C)[O][Al+][O]C(C)C.O=C([O-])c1ccc2ccccc2n1. The van der Waals surface area contributed by atoms with Crippen molar-refractivity contribution in [2.24, 2.45) is 0 Å². The van der Waals surface area contributed by atoms with Crippen molar-refractivity contribution in [3.63, 3.8) is 0 Å². The molecule has 1 aromatic carbocycles. The predicted molar refractivity (Wildman–Crippen MR) is 84.3 cm³/mol. The summed E-state index contributed by atoms with van der Waals surface area (Å²) in [6, 6.07) is 10.5. The number of carbonyl (C=O) groups excluding carboxylic acids is 1. The number of hydrogen-bond donors (Lipinski definition) is 0. The largest absolute Gasteiger partial charge is 0.543 e. The molecule has 5 nitrogen and oxygen atoms in total. The number of nitrogens with zero attached hydrogens (tertiary/aromatic N) is 1. The van der Waals surface area contributed by atoms with Crippen molar-refractivity contribution in [2.75, 3.05) is 0 Å². The van der Waals surface area contributed by atoms with Crippen molar-refractivity contribution in [1.29, 1.82) is 0 Å². The van der Waals surface area contributed by atoms with Crippen LogP contribution in [0.2, 0.25) is 0 Å². The molecule has 0 aliphatic carbocycles. The third-order valence-corrected chi connectivity index (χ3v) is 3.77. The minimum absolute atomic E-state index is 0.0290. The maximum atomic E-state index is 10.5. The van der Waals surface area contributed by atoms with Gasteiger partial charge in [-0.1, -0.05) is 24.3 Å². The molecule has 0 radical (unpaired) electrons. The fraction of sp³-hybridized carbons (Fsp3) is 0.375. The van der Waals surface area contributed by atoms with E-state index < -0.39 is 5.97 Å². The summed E-state index contributed by atoms with van der Waals surface area (Å²) in [7, 11) is 0. The normalized spacial score (nSPS) is 10.3. The van der Waals surface area contributed by atoms with Crippen LogP contribution in [-0.4, -0.2) is 39.0 Å². The van der Waals surface area contributed by atoms with Crippen molar-refractivity contribution in [3.05, 3.63) is 42.1 Å². The minimum Gasteiger partial charge on any atom is -0.543 e. The number of aromatic nitrogens is 1. The Labute approximate surface area is 137 Å². The maximum Gasteiger partial charge on any atom is 0.0900 e. The average Bonchev–Trinajstić information content (AvgIpc) is 2.46. The second-order valence-corrected chi connectivity index (χ2v) is 5.88. The second-order valence-electron chi connectivity index (χ2n) is 5.14. The Morgan fingerprint density at radius 1 is 1.05 bits per heavy atom. The molecule has 2 rings (SSSR count). The van der Waals surface area contributed by atoms with Gasteiger partial charge in [-0.05, 0) is 12.1 Å². The summed E-state index contributed by atoms with van der Waals surface area (Å²) in [4.78, 5) is 14.4. The molecule has 0 aliphatic heterocycles. The summed E-state index contributed by atoms with van der Waals surface area (Å²) in [5.74, 6) is -1.24. The molecule has 22 heavy (non-hydrogen) atoms. The topological polar surface area (TPSA) is 71.5 Å². The number of benzene rings is 1. The molecular weight excluding hydrogens is 297 g/mol. The van der Waals surface area contributed by atoms with Gasteiger partial charge in [-0.25, -0.2) is 4.98 Å². The van der Waals surface area contributed by atoms with Gasteiger partial charge in [0.1, 0.15) is 0 Å². The van der Waals surface area contributed by atoms with E-state index in [0.717, 1.165) is 5.39 Å². The zero-order valence-electron chi connectivity index (χ0n) is 13.3. The van der Waals surface area contributed by atoms with Crippen LogP contribution in [0.25, 0.3) is 10.9 Å². The zero-order chi connectivity index (χ0) is 16.5. The van der Waals surface area contributed by atoms with Crippen LogP contribution < -0.4 is 5.11 Å². The summed E-state index contributed by atoms with van der Waals surface area (Å²) < 4.78 is 10.4. The number of carbonyl (C=O) groups is 1. The first-order valence-electron chi connectivity index (χ1n) is 7.10. The number of aromatic carboxylic acids is 1. The van der Waals surface area contributed by atoms with E-state index in [1.807, 2.05) is 45.9 Å².